The Balaban J connectivity index is 1.50. The van der Waals surface area contributed by atoms with Gasteiger partial charge in [0.05, 0.1) is 35.4 Å². The second kappa shape index (κ2) is 10.2. The van der Waals surface area contributed by atoms with Crippen molar-refractivity contribution in [1.82, 2.24) is 5.32 Å². The number of nitrogens with zero attached hydrogens (tertiary/aromatic N) is 1. The molecular weight excluding hydrogens is 419 g/mol. The van der Waals surface area contributed by atoms with Crippen LogP contribution < -0.4 is 16.0 Å². The highest BCUT2D eigenvalue weighted by Gasteiger charge is 2.29. The Hall–Kier alpha value is -3.89. The number of benzene rings is 3. The minimum absolute atomic E-state index is 0.000394. The van der Waals surface area contributed by atoms with Gasteiger partial charge in [0.25, 0.3) is 0 Å². The van der Waals surface area contributed by atoms with Gasteiger partial charge in [-0.3, -0.25) is 4.79 Å². The molecule has 33 heavy (non-hydrogen) atoms. The van der Waals surface area contributed by atoms with Gasteiger partial charge in [-0.15, -0.1) is 0 Å². The molecule has 3 aromatic carbocycles. The van der Waals surface area contributed by atoms with E-state index in [4.69, 9.17) is 5.11 Å². The Morgan fingerprint density at radius 1 is 1.12 bits per heavy atom. The molecule has 4 N–H and O–H groups in total. The van der Waals surface area contributed by atoms with E-state index >= 15 is 0 Å². The highest BCUT2D eigenvalue weighted by atomic mass is 19.1. The third-order valence-corrected chi connectivity index (χ3v) is 5.83. The van der Waals surface area contributed by atoms with Crippen molar-refractivity contribution >= 4 is 17.3 Å². The van der Waals surface area contributed by atoms with Gasteiger partial charge in [-0.2, -0.15) is 5.26 Å². The molecule has 2 atom stereocenters. The molecule has 0 aliphatic carbocycles. The Labute approximate surface area is 192 Å². The summed E-state index contributed by atoms with van der Waals surface area (Å²) in [7, 11) is 0. The predicted molar refractivity (Wildman–Crippen MR) is 126 cm³/mol. The van der Waals surface area contributed by atoms with Crippen LogP contribution in [0, 0.1) is 17.1 Å². The van der Waals surface area contributed by atoms with E-state index < -0.39 is 5.97 Å². The molecule has 1 aliphatic rings. The van der Waals surface area contributed by atoms with Gasteiger partial charge in [0, 0.05) is 12.1 Å². The van der Waals surface area contributed by atoms with Crippen LogP contribution in [-0.4, -0.2) is 30.2 Å². The van der Waals surface area contributed by atoms with Crippen LogP contribution in [0.3, 0.4) is 0 Å². The van der Waals surface area contributed by atoms with Gasteiger partial charge < -0.3 is 21.1 Å². The fraction of sp³-hybridized carbons (Fsp3) is 0.231. The summed E-state index contributed by atoms with van der Waals surface area (Å²) < 4.78 is 14.7. The van der Waals surface area contributed by atoms with Crippen LogP contribution in [-0.2, 0) is 17.6 Å². The molecule has 7 heteroatoms. The van der Waals surface area contributed by atoms with Crippen LogP contribution >= 0.6 is 0 Å². The molecular formula is C26H25FN4O2. The lowest BCUT2D eigenvalue weighted by molar-refractivity contribution is -0.136. The molecule has 1 heterocycles. The van der Waals surface area contributed by atoms with Gasteiger partial charge in [0.2, 0.25) is 0 Å². The molecule has 4 rings (SSSR count). The molecule has 0 saturated heterocycles. The fourth-order valence-corrected chi connectivity index (χ4v) is 4.17. The first-order valence-corrected chi connectivity index (χ1v) is 10.9. The van der Waals surface area contributed by atoms with Crippen LogP contribution in [0.5, 0.6) is 0 Å². The van der Waals surface area contributed by atoms with Gasteiger partial charge in [-0.1, -0.05) is 48.5 Å². The van der Waals surface area contributed by atoms with Gasteiger partial charge in [0.15, 0.2) is 0 Å². The lowest BCUT2D eigenvalue weighted by Gasteiger charge is -2.35. The lowest BCUT2D eigenvalue weighted by Crippen LogP contribution is -2.45. The molecule has 0 spiro atoms. The first-order chi connectivity index (χ1) is 16.0. The summed E-state index contributed by atoms with van der Waals surface area (Å²) in [6.07, 6.45) is 0.707. The number of nitriles is 1. The van der Waals surface area contributed by atoms with Crippen LogP contribution in [0.1, 0.15) is 28.3 Å². The summed E-state index contributed by atoms with van der Waals surface area (Å²) in [5, 5.41) is 28.7. The van der Waals surface area contributed by atoms with Gasteiger partial charge in [-0.05, 0) is 42.3 Å². The van der Waals surface area contributed by atoms with Crippen molar-refractivity contribution in [2.45, 2.75) is 24.9 Å². The first kappa shape index (κ1) is 22.3. The number of carboxylic acids is 1. The van der Waals surface area contributed by atoms with Crippen LogP contribution in [0.2, 0.25) is 0 Å². The SMILES string of the molecule is N#Cc1cccc2c1N[C@@H]([C@H](NCCc1ccc(CC(=O)O)cc1)c1ccccc1F)CN2. The number of anilines is 2. The number of carbonyl (C=O) groups is 1. The van der Waals surface area contributed by atoms with Gasteiger partial charge in [0.1, 0.15) is 11.9 Å². The minimum atomic E-state index is -0.855. The van der Waals surface area contributed by atoms with Crippen LogP contribution in [0.25, 0.3) is 0 Å². The molecule has 0 amide bonds. The highest BCUT2D eigenvalue weighted by molar-refractivity contribution is 5.77. The van der Waals surface area contributed by atoms with E-state index in [0.29, 0.717) is 30.6 Å². The molecule has 0 bridgehead atoms. The number of halogens is 1. The summed E-state index contributed by atoms with van der Waals surface area (Å²) in [5.41, 5.74) is 4.51. The summed E-state index contributed by atoms with van der Waals surface area (Å²) >= 11 is 0. The van der Waals surface area contributed by atoms with Crippen LogP contribution in [0.15, 0.2) is 66.7 Å². The second-order valence-electron chi connectivity index (χ2n) is 8.06. The molecule has 0 aromatic heterocycles. The molecule has 3 aromatic rings. The van der Waals surface area contributed by atoms with Crippen molar-refractivity contribution in [2.24, 2.45) is 0 Å². The average molecular weight is 445 g/mol. The maximum absolute atomic E-state index is 14.7. The second-order valence-corrected chi connectivity index (χ2v) is 8.06. The Morgan fingerprint density at radius 3 is 2.61 bits per heavy atom. The number of aliphatic carboxylic acids is 1. The van der Waals surface area contributed by atoms with E-state index in [-0.39, 0.29) is 24.3 Å². The smallest absolute Gasteiger partial charge is 0.307 e. The first-order valence-electron chi connectivity index (χ1n) is 10.9. The Morgan fingerprint density at radius 2 is 1.88 bits per heavy atom. The molecule has 0 unspecified atom stereocenters. The number of hydrogen-bond acceptors (Lipinski definition) is 5. The molecule has 168 valence electrons. The topological polar surface area (TPSA) is 97.2 Å². The standard InChI is InChI=1S/C26H25FN4O2/c27-21-6-2-1-5-20(21)26(23-16-30-22-7-3-4-19(15-28)25(22)31-23)29-13-12-17-8-10-18(11-9-17)14-24(32)33/h1-11,23,26,29-31H,12-14,16H2,(H,32,33)/t23-,26-/m1/s1. The van der Waals surface area contributed by atoms with E-state index in [9.17, 15) is 14.4 Å². The monoisotopic (exact) mass is 444 g/mol. The number of fused-ring (bicyclic) bond motifs is 1. The van der Waals surface area contributed by atoms with Gasteiger partial charge in [-0.25, -0.2) is 4.39 Å². The minimum Gasteiger partial charge on any atom is -0.481 e. The Kier molecular flexibility index (Phi) is 6.86. The average Bonchev–Trinajstić information content (AvgIpc) is 2.82. The van der Waals surface area contributed by atoms with E-state index in [1.165, 1.54) is 6.07 Å². The number of rotatable bonds is 8. The van der Waals surface area contributed by atoms with Crippen molar-refractivity contribution in [2.75, 3.05) is 23.7 Å². The van der Waals surface area contributed by atoms with Crippen molar-refractivity contribution < 1.29 is 14.3 Å². The van der Waals surface area contributed by atoms with E-state index in [0.717, 1.165) is 22.5 Å². The van der Waals surface area contributed by atoms with E-state index in [1.54, 1.807) is 18.2 Å². The molecule has 0 fully saturated rings. The highest BCUT2D eigenvalue weighted by Crippen LogP contribution is 2.33. The number of para-hydroxylation sites is 1. The zero-order valence-electron chi connectivity index (χ0n) is 18.0. The van der Waals surface area contributed by atoms with Crippen molar-refractivity contribution in [3.8, 4) is 6.07 Å². The largest absolute Gasteiger partial charge is 0.481 e. The van der Waals surface area contributed by atoms with E-state index in [2.05, 4.69) is 22.0 Å². The van der Waals surface area contributed by atoms with Crippen molar-refractivity contribution in [1.29, 1.82) is 5.26 Å². The Bertz CT molecular complexity index is 1170. The zero-order valence-corrected chi connectivity index (χ0v) is 18.0. The third-order valence-electron chi connectivity index (χ3n) is 5.83. The number of nitrogens with one attached hydrogen (secondary N) is 3. The molecule has 6 nitrogen and oxygen atoms in total. The molecule has 1 aliphatic heterocycles. The third kappa shape index (κ3) is 5.30. The summed E-state index contributed by atoms with van der Waals surface area (Å²) in [6.45, 7) is 1.17. The summed E-state index contributed by atoms with van der Waals surface area (Å²) in [5.74, 6) is -1.14. The number of hydrogen-bond donors (Lipinski definition) is 4. The van der Waals surface area contributed by atoms with Crippen LogP contribution in [0.4, 0.5) is 15.8 Å². The molecule has 0 saturated carbocycles. The predicted octanol–water partition coefficient (Wildman–Crippen LogP) is 4.10. The summed E-state index contributed by atoms with van der Waals surface area (Å²) in [4.78, 5) is 10.9. The summed E-state index contributed by atoms with van der Waals surface area (Å²) in [6, 6.07) is 21.4. The fourth-order valence-electron chi connectivity index (χ4n) is 4.17. The normalized spacial score (nSPS) is 15.5. The zero-order chi connectivity index (χ0) is 23.2. The van der Waals surface area contributed by atoms with Crippen molar-refractivity contribution in [3.05, 3.63) is 94.8 Å². The maximum Gasteiger partial charge on any atom is 0.307 e. The van der Waals surface area contributed by atoms with Crippen molar-refractivity contribution in [3.63, 3.8) is 0 Å². The number of carboxylic acid groups (broad SMARTS) is 1. The van der Waals surface area contributed by atoms with Gasteiger partial charge >= 0.3 is 5.97 Å². The molecule has 0 radical (unpaired) electrons. The van der Waals surface area contributed by atoms with E-state index in [1.807, 2.05) is 42.5 Å². The maximum atomic E-state index is 14.7. The lowest BCUT2D eigenvalue weighted by atomic mass is 9.95. The quantitative estimate of drug-likeness (QED) is 0.418.